The van der Waals surface area contributed by atoms with Crippen LogP contribution in [0.2, 0.25) is 0 Å². The Morgan fingerprint density at radius 1 is 1.19 bits per heavy atom. The molecule has 0 aliphatic heterocycles. The molecule has 0 saturated carbocycles. The van der Waals surface area contributed by atoms with E-state index in [2.05, 4.69) is 4.98 Å². The fraction of sp³-hybridized carbons (Fsp3) is 0.0833. The summed E-state index contributed by atoms with van der Waals surface area (Å²) in [6, 6.07) is 6.83. The van der Waals surface area contributed by atoms with Crippen molar-refractivity contribution in [1.29, 1.82) is 0 Å². The minimum absolute atomic E-state index is 0.0534. The van der Waals surface area contributed by atoms with Crippen LogP contribution in [-0.4, -0.2) is 4.98 Å². The summed E-state index contributed by atoms with van der Waals surface area (Å²) in [5.74, 6) is -0.655. The van der Waals surface area contributed by atoms with E-state index in [1.54, 1.807) is 18.3 Å². The second-order valence-corrected chi connectivity index (χ2v) is 3.21. The summed E-state index contributed by atoms with van der Waals surface area (Å²) in [6.07, 6.45) is 3.15. The van der Waals surface area contributed by atoms with Gasteiger partial charge in [-0.2, -0.15) is 0 Å². The zero-order chi connectivity index (χ0) is 11.4. The van der Waals surface area contributed by atoms with Gasteiger partial charge in [-0.3, -0.25) is 4.98 Å². The Hall–Kier alpha value is -1.97. The molecule has 0 aliphatic rings. The summed E-state index contributed by atoms with van der Waals surface area (Å²) >= 11 is 0. The van der Waals surface area contributed by atoms with Crippen LogP contribution in [0.25, 0.3) is 0 Å². The molecule has 0 N–H and O–H groups in total. The summed E-state index contributed by atoms with van der Waals surface area (Å²) in [6.45, 7) is 0.0534. The summed E-state index contributed by atoms with van der Waals surface area (Å²) < 4.78 is 31.1. The molecule has 0 fully saturated rings. The summed E-state index contributed by atoms with van der Waals surface area (Å²) in [5, 5.41) is 0. The molecule has 1 aromatic carbocycles. The standard InChI is InChI=1S/C12H9F2NO/c13-10-4-3-9(12(14)6-10)8-16-11-2-1-5-15-7-11/h1-7H,8H2. The zero-order valence-corrected chi connectivity index (χ0v) is 8.36. The highest BCUT2D eigenvalue weighted by molar-refractivity contribution is 5.20. The van der Waals surface area contributed by atoms with Crippen LogP contribution >= 0.6 is 0 Å². The van der Waals surface area contributed by atoms with Crippen LogP contribution in [-0.2, 0) is 6.61 Å². The van der Waals surface area contributed by atoms with Gasteiger partial charge in [0.25, 0.3) is 0 Å². The molecule has 0 bridgehead atoms. The second kappa shape index (κ2) is 4.70. The molecule has 16 heavy (non-hydrogen) atoms. The predicted octanol–water partition coefficient (Wildman–Crippen LogP) is 2.94. The van der Waals surface area contributed by atoms with E-state index in [1.165, 1.54) is 18.3 Å². The van der Waals surface area contributed by atoms with Gasteiger partial charge in [-0.1, -0.05) is 0 Å². The number of ether oxygens (including phenoxy) is 1. The van der Waals surface area contributed by atoms with Crippen molar-refractivity contribution < 1.29 is 13.5 Å². The molecule has 0 unspecified atom stereocenters. The lowest BCUT2D eigenvalue weighted by Crippen LogP contribution is -1.99. The molecule has 0 saturated heterocycles. The third-order valence-corrected chi connectivity index (χ3v) is 2.04. The molecule has 0 amide bonds. The molecule has 0 aliphatic carbocycles. The topological polar surface area (TPSA) is 22.1 Å². The first kappa shape index (κ1) is 10.5. The number of hydrogen-bond acceptors (Lipinski definition) is 2. The molecule has 0 spiro atoms. The maximum Gasteiger partial charge on any atom is 0.138 e. The monoisotopic (exact) mass is 221 g/mol. The van der Waals surface area contributed by atoms with Gasteiger partial charge >= 0.3 is 0 Å². The van der Waals surface area contributed by atoms with Gasteiger partial charge in [-0.15, -0.1) is 0 Å². The minimum Gasteiger partial charge on any atom is -0.487 e. The highest BCUT2D eigenvalue weighted by atomic mass is 19.1. The van der Waals surface area contributed by atoms with E-state index in [-0.39, 0.29) is 6.61 Å². The first-order chi connectivity index (χ1) is 7.75. The highest BCUT2D eigenvalue weighted by Gasteiger charge is 2.04. The van der Waals surface area contributed by atoms with Crippen LogP contribution in [0.5, 0.6) is 5.75 Å². The lowest BCUT2D eigenvalue weighted by atomic mass is 10.2. The van der Waals surface area contributed by atoms with Crippen molar-refractivity contribution in [3.05, 3.63) is 59.9 Å². The first-order valence-electron chi connectivity index (χ1n) is 4.72. The van der Waals surface area contributed by atoms with Gasteiger partial charge in [0, 0.05) is 17.8 Å². The largest absolute Gasteiger partial charge is 0.487 e. The van der Waals surface area contributed by atoms with Gasteiger partial charge in [0.15, 0.2) is 0 Å². The Kier molecular flexibility index (Phi) is 3.10. The third kappa shape index (κ3) is 2.53. The van der Waals surface area contributed by atoms with E-state index < -0.39 is 11.6 Å². The van der Waals surface area contributed by atoms with E-state index in [1.807, 2.05) is 0 Å². The number of pyridine rings is 1. The fourth-order valence-corrected chi connectivity index (χ4v) is 1.23. The second-order valence-electron chi connectivity index (χ2n) is 3.21. The lowest BCUT2D eigenvalue weighted by Gasteiger charge is -2.06. The average Bonchev–Trinajstić information content (AvgIpc) is 2.29. The van der Waals surface area contributed by atoms with Crippen LogP contribution in [0.4, 0.5) is 8.78 Å². The van der Waals surface area contributed by atoms with Crippen LogP contribution < -0.4 is 4.74 Å². The van der Waals surface area contributed by atoms with E-state index in [4.69, 9.17) is 4.74 Å². The number of halogens is 2. The maximum atomic E-state index is 13.2. The Morgan fingerprint density at radius 3 is 2.75 bits per heavy atom. The summed E-state index contributed by atoms with van der Waals surface area (Å²) in [7, 11) is 0. The Balaban J connectivity index is 2.05. The van der Waals surface area contributed by atoms with E-state index >= 15 is 0 Å². The summed E-state index contributed by atoms with van der Waals surface area (Å²) in [5.41, 5.74) is 0.310. The van der Waals surface area contributed by atoms with E-state index in [0.29, 0.717) is 11.3 Å². The van der Waals surface area contributed by atoms with Crippen molar-refractivity contribution in [3.63, 3.8) is 0 Å². The predicted molar refractivity (Wildman–Crippen MR) is 54.9 cm³/mol. The van der Waals surface area contributed by atoms with Crippen molar-refractivity contribution in [2.45, 2.75) is 6.61 Å². The number of nitrogens with zero attached hydrogens (tertiary/aromatic N) is 1. The van der Waals surface area contributed by atoms with Crippen molar-refractivity contribution in [1.82, 2.24) is 4.98 Å². The molecule has 2 rings (SSSR count). The molecule has 4 heteroatoms. The highest BCUT2D eigenvalue weighted by Crippen LogP contribution is 2.13. The molecule has 2 aromatic rings. The molecule has 0 atom stereocenters. The minimum atomic E-state index is -0.608. The summed E-state index contributed by atoms with van der Waals surface area (Å²) in [4.78, 5) is 3.85. The number of hydrogen-bond donors (Lipinski definition) is 0. The van der Waals surface area contributed by atoms with Crippen LogP contribution in [0.1, 0.15) is 5.56 Å². The van der Waals surface area contributed by atoms with E-state index in [9.17, 15) is 8.78 Å². The molecule has 2 nitrogen and oxygen atoms in total. The van der Waals surface area contributed by atoms with Crippen molar-refractivity contribution in [2.75, 3.05) is 0 Å². The molecular formula is C12H9F2NO. The smallest absolute Gasteiger partial charge is 0.138 e. The van der Waals surface area contributed by atoms with Gasteiger partial charge in [0.2, 0.25) is 0 Å². The SMILES string of the molecule is Fc1ccc(COc2cccnc2)c(F)c1. The molecule has 82 valence electrons. The number of rotatable bonds is 3. The van der Waals surface area contributed by atoms with Crippen LogP contribution in [0.15, 0.2) is 42.7 Å². The lowest BCUT2D eigenvalue weighted by molar-refractivity contribution is 0.298. The molecule has 0 radical (unpaired) electrons. The van der Waals surface area contributed by atoms with Gasteiger partial charge in [0.05, 0.1) is 6.20 Å². The number of aromatic nitrogens is 1. The molecule has 1 aromatic heterocycles. The Labute approximate surface area is 91.5 Å². The Bertz CT molecular complexity index is 474. The van der Waals surface area contributed by atoms with Gasteiger partial charge in [0.1, 0.15) is 24.0 Å². The normalized spacial score (nSPS) is 10.1. The van der Waals surface area contributed by atoms with Crippen LogP contribution in [0.3, 0.4) is 0 Å². The van der Waals surface area contributed by atoms with E-state index in [0.717, 1.165) is 6.07 Å². The van der Waals surface area contributed by atoms with Gasteiger partial charge < -0.3 is 4.74 Å². The molecule has 1 heterocycles. The van der Waals surface area contributed by atoms with Gasteiger partial charge in [-0.25, -0.2) is 8.78 Å². The first-order valence-corrected chi connectivity index (χ1v) is 4.72. The molecular weight excluding hydrogens is 212 g/mol. The fourth-order valence-electron chi connectivity index (χ4n) is 1.23. The van der Waals surface area contributed by atoms with Crippen molar-refractivity contribution in [3.8, 4) is 5.75 Å². The van der Waals surface area contributed by atoms with Crippen molar-refractivity contribution in [2.24, 2.45) is 0 Å². The third-order valence-electron chi connectivity index (χ3n) is 2.04. The van der Waals surface area contributed by atoms with Crippen molar-refractivity contribution >= 4 is 0 Å². The quantitative estimate of drug-likeness (QED) is 0.795. The maximum absolute atomic E-state index is 13.2. The number of benzene rings is 1. The van der Waals surface area contributed by atoms with Crippen LogP contribution in [0, 0.1) is 11.6 Å². The van der Waals surface area contributed by atoms with Gasteiger partial charge in [-0.05, 0) is 24.3 Å². The Morgan fingerprint density at radius 2 is 2.06 bits per heavy atom. The average molecular weight is 221 g/mol. The zero-order valence-electron chi connectivity index (χ0n) is 8.36.